The van der Waals surface area contributed by atoms with Gasteiger partial charge in [-0.05, 0) is 37.0 Å². The van der Waals surface area contributed by atoms with E-state index in [0.717, 1.165) is 5.56 Å². The largest absolute Gasteiger partial charge is 0.396 e. The lowest BCUT2D eigenvalue weighted by molar-refractivity contribution is -0.197. The van der Waals surface area contributed by atoms with E-state index in [-0.39, 0.29) is 19.4 Å². The van der Waals surface area contributed by atoms with Crippen molar-refractivity contribution in [3.63, 3.8) is 0 Å². The summed E-state index contributed by atoms with van der Waals surface area (Å²) < 4.78 is 39.1. The summed E-state index contributed by atoms with van der Waals surface area (Å²) in [6, 6.07) is 6.78. The van der Waals surface area contributed by atoms with Gasteiger partial charge >= 0.3 is 6.18 Å². The van der Waals surface area contributed by atoms with Crippen molar-refractivity contribution >= 4 is 11.6 Å². The second-order valence-electron chi connectivity index (χ2n) is 5.70. The van der Waals surface area contributed by atoms with Crippen LogP contribution in [-0.2, 0) is 11.2 Å². The van der Waals surface area contributed by atoms with E-state index in [9.17, 15) is 18.0 Å². The van der Waals surface area contributed by atoms with Crippen molar-refractivity contribution in [2.45, 2.75) is 38.3 Å². The molecule has 0 spiro atoms. The molecule has 0 unspecified atom stereocenters. The van der Waals surface area contributed by atoms with Gasteiger partial charge in [0.2, 0.25) is 5.91 Å². The molecule has 1 aliphatic carbocycles. The van der Waals surface area contributed by atoms with Crippen molar-refractivity contribution in [3.8, 4) is 0 Å². The summed E-state index contributed by atoms with van der Waals surface area (Å²) in [6.07, 6.45) is -2.35. The van der Waals surface area contributed by atoms with Gasteiger partial charge in [-0.3, -0.25) is 4.79 Å². The maximum Gasteiger partial charge on any atom is 0.392 e. The van der Waals surface area contributed by atoms with Crippen LogP contribution in [0.3, 0.4) is 0 Å². The van der Waals surface area contributed by atoms with E-state index in [1.165, 1.54) is 0 Å². The molecule has 1 saturated carbocycles. The highest BCUT2D eigenvalue weighted by Crippen LogP contribution is 2.41. The van der Waals surface area contributed by atoms with Crippen LogP contribution in [0, 0.1) is 11.8 Å². The molecule has 6 heteroatoms. The number of aliphatic hydroxyl groups excluding tert-OH is 1. The van der Waals surface area contributed by atoms with Gasteiger partial charge < -0.3 is 10.4 Å². The number of nitrogens with one attached hydrogen (secondary N) is 1. The Balaban J connectivity index is 2.03. The minimum Gasteiger partial charge on any atom is -0.396 e. The first-order valence-corrected chi connectivity index (χ1v) is 7.49. The van der Waals surface area contributed by atoms with E-state index >= 15 is 0 Å². The topological polar surface area (TPSA) is 49.3 Å². The van der Waals surface area contributed by atoms with Gasteiger partial charge in [-0.2, -0.15) is 13.2 Å². The van der Waals surface area contributed by atoms with Gasteiger partial charge in [-0.1, -0.05) is 25.0 Å². The van der Waals surface area contributed by atoms with Gasteiger partial charge in [0, 0.05) is 18.2 Å². The fourth-order valence-corrected chi connectivity index (χ4v) is 2.96. The fraction of sp³-hybridized carbons (Fsp3) is 0.562. The predicted octanol–water partition coefficient (Wildman–Crippen LogP) is 3.53. The van der Waals surface area contributed by atoms with Gasteiger partial charge in [0.05, 0.1) is 5.92 Å². The molecule has 2 atom stereocenters. The lowest BCUT2D eigenvalue weighted by Crippen LogP contribution is -2.39. The van der Waals surface area contributed by atoms with Crippen molar-refractivity contribution in [3.05, 3.63) is 29.8 Å². The molecule has 2 rings (SSSR count). The third-order valence-corrected chi connectivity index (χ3v) is 4.15. The van der Waals surface area contributed by atoms with Crippen LogP contribution in [0.15, 0.2) is 24.3 Å². The average molecular weight is 315 g/mol. The van der Waals surface area contributed by atoms with E-state index in [0.29, 0.717) is 24.9 Å². The molecule has 1 fully saturated rings. The molecular weight excluding hydrogens is 295 g/mol. The quantitative estimate of drug-likeness (QED) is 0.893. The Morgan fingerprint density at radius 2 is 1.82 bits per heavy atom. The predicted molar refractivity (Wildman–Crippen MR) is 77.4 cm³/mol. The number of carbonyl (C=O) groups excluding carboxylic acids is 1. The van der Waals surface area contributed by atoms with Crippen LogP contribution in [-0.4, -0.2) is 23.8 Å². The summed E-state index contributed by atoms with van der Waals surface area (Å²) in [4.78, 5) is 12.2. The van der Waals surface area contributed by atoms with Gasteiger partial charge in [0.25, 0.3) is 0 Å². The summed E-state index contributed by atoms with van der Waals surface area (Å²) >= 11 is 0. The number of anilines is 1. The Morgan fingerprint density at radius 3 is 2.41 bits per heavy atom. The number of hydrogen-bond donors (Lipinski definition) is 2. The normalized spacial score (nSPS) is 22.4. The second kappa shape index (κ2) is 7.13. The summed E-state index contributed by atoms with van der Waals surface area (Å²) in [5.41, 5.74) is 1.39. The maximum atomic E-state index is 13.0. The zero-order valence-corrected chi connectivity index (χ0v) is 12.2. The Kier molecular flexibility index (Phi) is 5.45. The molecule has 1 aromatic carbocycles. The molecule has 0 bridgehead atoms. The van der Waals surface area contributed by atoms with Crippen LogP contribution in [0.1, 0.15) is 31.2 Å². The number of aliphatic hydroxyl groups is 1. The van der Waals surface area contributed by atoms with Crippen molar-refractivity contribution < 1.29 is 23.1 Å². The number of amides is 1. The van der Waals surface area contributed by atoms with Gasteiger partial charge in [-0.25, -0.2) is 0 Å². The number of benzene rings is 1. The molecule has 0 aromatic heterocycles. The number of hydrogen-bond acceptors (Lipinski definition) is 2. The summed E-state index contributed by atoms with van der Waals surface area (Å²) in [6.45, 7) is 0.0288. The van der Waals surface area contributed by atoms with Crippen LogP contribution in [0.25, 0.3) is 0 Å². The standard InChI is InChI=1S/C16H20F3NO2/c17-16(18,19)14-4-2-1-3-13(14)15(22)20-12-7-5-11(6-8-12)9-10-21/h5-8,13-14,21H,1-4,9-10H2,(H,20,22)/t13-,14+/m1/s1. The van der Waals surface area contributed by atoms with E-state index in [2.05, 4.69) is 5.32 Å². The van der Waals surface area contributed by atoms with Gasteiger partial charge in [-0.15, -0.1) is 0 Å². The third kappa shape index (κ3) is 4.22. The van der Waals surface area contributed by atoms with Crippen LogP contribution in [0.5, 0.6) is 0 Å². The molecule has 1 aromatic rings. The zero-order valence-electron chi connectivity index (χ0n) is 12.2. The molecule has 0 heterocycles. The van der Waals surface area contributed by atoms with Crippen LogP contribution < -0.4 is 5.32 Å². The van der Waals surface area contributed by atoms with Gasteiger partial charge in [0.15, 0.2) is 0 Å². The first-order valence-electron chi connectivity index (χ1n) is 7.49. The van der Waals surface area contributed by atoms with Crippen LogP contribution >= 0.6 is 0 Å². The highest BCUT2D eigenvalue weighted by Gasteiger charge is 2.47. The van der Waals surface area contributed by atoms with Crippen molar-refractivity contribution in [2.75, 3.05) is 11.9 Å². The van der Waals surface area contributed by atoms with Crippen molar-refractivity contribution in [1.29, 1.82) is 0 Å². The molecule has 0 aliphatic heterocycles. The molecule has 0 saturated heterocycles. The van der Waals surface area contributed by atoms with Gasteiger partial charge in [0.1, 0.15) is 0 Å². The average Bonchev–Trinajstić information content (AvgIpc) is 2.48. The number of rotatable bonds is 4. The zero-order chi connectivity index (χ0) is 16.2. The molecule has 1 aliphatic rings. The summed E-state index contributed by atoms with van der Waals surface area (Å²) in [5.74, 6) is -3.11. The Morgan fingerprint density at radius 1 is 1.18 bits per heavy atom. The summed E-state index contributed by atoms with van der Waals surface area (Å²) in [5, 5.41) is 11.4. The monoisotopic (exact) mass is 315 g/mol. The van der Waals surface area contributed by atoms with Crippen molar-refractivity contribution in [2.24, 2.45) is 11.8 Å². The smallest absolute Gasteiger partial charge is 0.392 e. The third-order valence-electron chi connectivity index (χ3n) is 4.15. The highest BCUT2D eigenvalue weighted by atomic mass is 19.4. The molecular formula is C16H20F3NO2. The van der Waals surface area contributed by atoms with E-state index < -0.39 is 23.9 Å². The maximum absolute atomic E-state index is 13.0. The minimum absolute atomic E-state index is 0.0248. The molecule has 1 amide bonds. The van der Waals surface area contributed by atoms with Crippen molar-refractivity contribution in [1.82, 2.24) is 0 Å². The number of halogens is 3. The second-order valence-corrected chi connectivity index (χ2v) is 5.70. The summed E-state index contributed by atoms with van der Waals surface area (Å²) in [7, 11) is 0. The minimum atomic E-state index is -4.33. The lowest BCUT2D eigenvalue weighted by atomic mass is 9.78. The Labute approximate surface area is 127 Å². The molecule has 3 nitrogen and oxygen atoms in total. The first-order chi connectivity index (χ1) is 10.4. The lowest BCUT2D eigenvalue weighted by Gasteiger charge is -2.32. The molecule has 22 heavy (non-hydrogen) atoms. The highest BCUT2D eigenvalue weighted by molar-refractivity contribution is 5.92. The van der Waals surface area contributed by atoms with Crippen LogP contribution in [0.4, 0.5) is 18.9 Å². The van der Waals surface area contributed by atoms with E-state index in [1.807, 2.05) is 0 Å². The fourth-order valence-electron chi connectivity index (χ4n) is 2.96. The molecule has 0 radical (unpaired) electrons. The number of alkyl halides is 3. The SMILES string of the molecule is O=C(Nc1ccc(CCO)cc1)[C@@H]1CCCC[C@@H]1C(F)(F)F. The van der Waals surface area contributed by atoms with E-state index in [1.54, 1.807) is 24.3 Å². The van der Waals surface area contributed by atoms with E-state index in [4.69, 9.17) is 5.11 Å². The molecule has 122 valence electrons. The van der Waals surface area contributed by atoms with Crippen LogP contribution in [0.2, 0.25) is 0 Å². The Hall–Kier alpha value is -1.56. The first kappa shape index (κ1) is 16.8. The number of carbonyl (C=O) groups is 1. The molecule has 2 N–H and O–H groups in total. The Bertz CT molecular complexity index is 499.